The Morgan fingerprint density at radius 3 is 2.56 bits per heavy atom. The summed E-state index contributed by atoms with van der Waals surface area (Å²) in [5.41, 5.74) is 0.713. The first-order valence-electron chi connectivity index (χ1n) is 5.87. The summed E-state index contributed by atoms with van der Waals surface area (Å²) in [6.45, 7) is 2.67. The van der Waals surface area contributed by atoms with E-state index in [1.807, 2.05) is 0 Å². The van der Waals surface area contributed by atoms with E-state index in [0.29, 0.717) is 23.5 Å². The van der Waals surface area contributed by atoms with Gasteiger partial charge in [0.15, 0.2) is 0 Å². The fourth-order valence-corrected chi connectivity index (χ4v) is 3.81. The number of nitrogens with one attached hydrogen (secondary N) is 1. The maximum absolute atomic E-state index is 12.5. The Kier molecular flexibility index (Phi) is 3.72. The summed E-state index contributed by atoms with van der Waals surface area (Å²) in [5.74, 6) is 0. The molecule has 0 saturated carbocycles. The summed E-state index contributed by atoms with van der Waals surface area (Å²) < 4.78 is 26.2. The molecule has 1 aliphatic rings. The van der Waals surface area contributed by atoms with E-state index in [1.165, 1.54) is 11.4 Å². The van der Waals surface area contributed by atoms with Crippen molar-refractivity contribution in [2.24, 2.45) is 0 Å². The first-order valence-corrected chi connectivity index (χ1v) is 7.31. The van der Waals surface area contributed by atoms with E-state index in [2.05, 4.69) is 5.32 Å². The minimum atomic E-state index is -3.55. The Balaban J connectivity index is 2.34. The van der Waals surface area contributed by atoms with E-state index < -0.39 is 22.2 Å². The fraction of sp³-hybridized carbons (Fsp3) is 0.500. The van der Waals surface area contributed by atoms with Crippen molar-refractivity contribution >= 4 is 10.0 Å². The summed E-state index contributed by atoms with van der Waals surface area (Å²) in [4.78, 5) is 0.298. The molecule has 2 rings (SSSR count). The molecular weight excluding hydrogens is 252 g/mol. The number of hydrogen-bond acceptors (Lipinski definition) is 4. The van der Waals surface area contributed by atoms with E-state index in [0.717, 1.165) is 0 Å². The van der Waals surface area contributed by atoms with Crippen LogP contribution in [0.5, 0.6) is 0 Å². The van der Waals surface area contributed by atoms with E-state index in [1.54, 1.807) is 31.2 Å². The quantitative estimate of drug-likeness (QED) is 0.808. The predicted molar refractivity (Wildman–Crippen MR) is 68.8 cm³/mol. The molecule has 1 saturated heterocycles. The number of likely N-dealkylation sites (N-methyl/N-ethyl adjacent to an activating group) is 1. The zero-order valence-corrected chi connectivity index (χ0v) is 11.3. The Hall–Kier alpha value is -0.950. The second kappa shape index (κ2) is 4.97. The van der Waals surface area contributed by atoms with Crippen LogP contribution in [0.25, 0.3) is 0 Å². The molecule has 0 spiro atoms. The van der Waals surface area contributed by atoms with Crippen LogP contribution in [-0.4, -0.2) is 50.1 Å². The number of aliphatic hydroxyl groups excluding tert-OH is 1. The second-order valence-electron chi connectivity index (χ2n) is 4.58. The first-order chi connectivity index (χ1) is 8.44. The van der Waals surface area contributed by atoms with Gasteiger partial charge in [-0.05, 0) is 18.6 Å². The number of rotatable bonds is 3. The number of benzene rings is 1. The predicted octanol–water partition coefficient (Wildman–Crippen LogP) is -0.0518. The summed E-state index contributed by atoms with van der Waals surface area (Å²) in [6, 6.07) is 6.46. The number of aliphatic hydroxyl groups is 1. The highest BCUT2D eigenvalue weighted by Gasteiger charge is 2.36. The number of hydrogen-bond donors (Lipinski definition) is 2. The van der Waals surface area contributed by atoms with Crippen molar-refractivity contribution in [1.29, 1.82) is 0 Å². The van der Waals surface area contributed by atoms with Gasteiger partial charge in [0.2, 0.25) is 10.0 Å². The summed E-state index contributed by atoms with van der Waals surface area (Å²) >= 11 is 0. The Morgan fingerprint density at radius 1 is 1.33 bits per heavy atom. The molecule has 0 amide bonds. The van der Waals surface area contributed by atoms with Crippen molar-refractivity contribution in [3.63, 3.8) is 0 Å². The van der Waals surface area contributed by atoms with Crippen LogP contribution in [0.3, 0.4) is 0 Å². The van der Waals surface area contributed by atoms with Gasteiger partial charge >= 0.3 is 0 Å². The molecule has 2 atom stereocenters. The fourth-order valence-electron chi connectivity index (χ4n) is 2.20. The summed E-state index contributed by atoms with van der Waals surface area (Å²) in [5, 5.41) is 12.8. The largest absolute Gasteiger partial charge is 0.390 e. The van der Waals surface area contributed by atoms with Crippen LogP contribution in [0.1, 0.15) is 5.56 Å². The Bertz CT molecular complexity index is 530. The van der Waals surface area contributed by atoms with Crippen molar-refractivity contribution in [2.75, 3.05) is 20.1 Å². The third kappa shape index (κ3) is 2.29. The molecule has 0 bridgehead atoms. The Morgan fingerprint density at radius 2 is 2.00 bits per heavy atom. The van der Waals surface area contributed by atoms with E-state index in [9.17, 15) is 13.5 Å². The average molecular weight is 270 g/mol. The molecular formula is C12H18N2O3S. The van der Waals surface area contributed by atoms with Gasteiger partial charge in [0.05, 0.1) is 17.0 Å². The van der Waals surface area contributed by atoms with Gasteiger partial charge in [-0.1, -0.05) is 18.2 Å². The van der Waals surface area contributed by atoms with Crippen LogP contribution >= 0.6 is 0 Å². The molecule has 2 N–H and O–H groups in total. The Labute approximate surface area is 107 Å². The lowest BCUT2D eigenvalue weighted by Gasteiger charge is -2.26. The molecule has 1 aliphatic heterocycles. The third-order valence-electron chi connectivity index (χ3n) is 3.37. The van der Waals surface area contributed by atoms with Gasteiger partial charge in [-0.25, -0.2) is 8.42 Å². The van der Waals surface area contributed by atoms with Gasteiger partial charge in [-0.3, -0.25) is 0 Å². The minimum absolute atomic E-state index is 0.298. The molecule has 0 aliphatic carbocycles. The smallest absolute Gasteiger partial charge is 0.243 e. The first kappa shape index (κ1) is 13.5. The van der Waals surface area contributed by atoms with Crippen molar-refractivity contribution in [3.8, 4) is 0 Å². The number of nitrogens with zero attached hydrogens (tertiary/aromatic N) is 1. The molecule has 100 valence electrons. The van der Waals surface area contributed by atoms with Crippen LogP contribution in [0.2, 0.25) is 0 Å². The molecule has 0 aromatic heterocycles. The molecule has 1 aromatic carbocycles. The minimum Gasteiger partial charge on any atom is -0.390 e. The lowest BCUT2D eigenvalue weighted by Crippen LogP contribution is -2.44. The molecule has 1 aromatic rings. The number of aryl methyl sites for hydroxylation is 1. The van der Waals surface area contributed by atoms with Gasteiger partial charge in [-0.15, -0.1) is 0 Å². The van der Waals surface area contributed by atoms with Crippen LogP contribution in [0, 0.1) is 6.92 Å². The number of β-amino-alcohol motifs (C(OH)–C–C–N with tert-alkyl or cyclic N) is 1. The maximum Gasteiger partial charge on any atom is 0.243 e. The topological polar surface area (TPSA) is 69.6 Å². The van der Waals surface area contributed by atoms with E-state index in [4.69, 9.17) is 0 Å². The van der Waals surface area contributed by atoms with Crippen molar-refractivity contribution in [2.45, 2.75) is 24.0 Å². The SMILES string of the molecule is Cc1ccccc1S(=O)(=O)N(C)[C@@H]1CNC[C@H]1O. The normalized spacial score (nSPS) is 24.7. The standard InChI is InChI=1S/C12H18N2O3S/c1-9-5-3-4-6-12(9)18(16,17)14(2)10-7-13-8-11(10)15/h3-6,10-11,13,15H,7-8H2,1-2H3/t10-,11-/m1/s1. The highest BCUT2D eigenvalue weighted by molar-refractivity contribution is 7.89. The molecule has 0 radical (unpaired) electrons. The van der Waals surface area contributed by atoms with E-state index in [-0.39, 0.29) is 0 Å². The lowest BCUT2D eigenvalue weighted by molar-refractivity contribution is 0.136. The lowest BCUT2D eigenvalue weighted by atomic mass is 10.2. The van der Waals surface area contributed by atoms with Gasteiger partial charge in [0, 0.05) is 20.1 Å². The van der Waals surface area contributed by atoms with E-state index >= 15 is 0 Å². The molecule has 1 heterocycles. The zero-order chi connectivity index (χ0) is 13.3. The molecule has 1 fully saturated rings. The van der Waals surface area contributed by atoms with Crippen LogP contribution in [-0.2, 0) is 10.0 Å². The van der Waals surface area contributed by atoms with Crippen molar-refractivity contribution in [3.05, 3.63) is 29.8 Å². The average Bonchev–Trinajstić information content (AvgIpc) is 2.74. The summed E-state index contributed by atoms with van der Waals surface area (Å²) in [7, 11) is -2.04. The van der Waals surface area contributed by atoms with Gasteiger partial charge < -0.3 is 10.4 Å². The monoisotopic (exact) mass is 270 g/mol. The third-order valence-corrected chi connectivity index (χ3v) is 5.41. The molecule has 18 heavy (non-hydrogen) atoms. The van der Waals surface area contributed by atoms with Crippen LogP contribution in [0.4, 0.5) is 0 Å². The van der Waals surface area contributed by atoms with Crippen molar-refractivity contribution in [1.82, 2.24) is 9.62 Å². The molecule has 6 heteroatoms. The van der Waals surface area contributed by atoms with Crippen molar-refractivity contribution < 1.29 is 13.5 Å². The zero-order valence-electron chi connectivity index (χ0n) is 10.5. The van der Waals surface area contributed by atoms with Crippen LogP contribution in [0.15, 0.2) is 29.2 Å². The second-order valence-corrected chi connectivity index (χ2v) is 6.55. The summed E-state index contributed by atoms with van der Waals surface area (Å²) in [6.07, 6.45) is -0.659. The highest BCUT2D eigenvalue weighted by atomic mass is 32.2. The number of sulfonamides is 1. The molecule has 5 nitrogen and oxygen atoms in total. The highest BCUT2D eigenvalue weighted by Crippen LogP contribution is 2.22. The van der Waals surface area contributed by atoms with Gasteiger partial charge in [0.1, 0.15) is 0 Å². The van der Waals surface area contributed by atoms with Crippen LogP contribution < -0.4 is 5.32 Å². The maximum atomic E-state index is 12.5. The molecule has 0 unspecified atom stereocenters. The van der Waals surface area contributed by atoms with Gasteiger partial charge in [-0.2, -0.15) is 4.31 Å². The van der Waals surface area contributed by atoms with Gasteiger partial charge in [0.25, 0.3) is 0 Å².